The molecule has 2 atom stereocenters. The fraction of sp³-hybridized carbons (Fsp3) is 0.875. The molecule has 2 aliphatic heterocycles. The van der Waals surface area contributed by atoms with Gasteiger partial charge in [-0.3, -0.25) is 9.59 Å². The van der Waals surface area contributed by atoms with Gasteiger partial charge in [-0.2, -0.15) is 0 Å². The molecule has 5 heteroatoms. The number of nitrogens with one attached hydrogen (secondary N) is 1. The Labute approximate surface area is 126 Å². The van der Waals surface area contributed by atoms with Crippen LogP contribution in [0.2, 0.25) is 0 Å². The minimum atomic E-state index is -0.669. The van der Waals surface area contributed by atoms with Gasteiger partial charge in [0.05, 0.1) is 6.10 Å². The topological polar surface area (TPSA) is 58.6 Å². The molecule has 118 valence electrons. The summed E-state index contributed by atoms with van der Waals surface area (Å²) >= 11 is 0. The number of amides is 2. The summed E-state index contributed by atoms with van der Waals surface area (Å²) in [4.78, 5) is 26.6. The normalized spacial score (nSPS) is 34.0. The molecule has 0 spiro atoms. The lowest BCUT2D eigenvalue weighted by molar-refractivity contribution is -0.139. The number of carbonyl (C=O) groups is 2. The standard InChI is InChI=1S/C16H26N2O3/c1-16(12-6-7-12)15(20)18(10-8-14(19)17-16)9-2-4-13-5-3-11-21-13/h12-13H,2-11H2,1H3,(H,17,19). The fourth-order valence-corrected chi connectivity index (χ4v) is 3.60. The van der Waals surface area contributed by atoms with Crippen LogP contribution in [-0.2, 0) is 14.3 Å². The smallest absolute Gasteiger partial charge is 0.248 e. The Morgan fingerprint density at radius 2 is 2.14 bits per heavy atom. The molecule has 1 aliphatic carbocycles. The SMILES string of the molecule is CC1(C2CC2)NC(=O)CCN(CCCC2CCCO2)C1=O. The third kappa shape index (κ3) is 3.23. The van der Waals surface area contributed by atoms with Gasteiger partial charge in [-0.15, -0.1) is 0 Å². The molecule has 0 radical (unpaired) electrons. The Balaban J connectivity index is 1.57. The summed E-state index contributed by atoms with van der Waals surface area (Å²) in [5.74, 6) is 0.454. The molecule has 3 rings (SSSR count). The second-order valence-corrected chi connectivity index (χ2v) is 6.84. The van der Waals surface area contributed by atoms with Crippen LogP contribution in [0, 0.1) is 5.92 Å². The highest BCUT2D eigenvalue weighted by molar-refractivity contribution is 5.93. The Morgan fingerprint density at radius 3 is 2.81 bits per heavy atom. The fourth-order valence-electron chi connectivity index (χ4n) is 3.60. The van der Waals surface area contributed by atoms with Gasteiger partial charge in [0.1, 0.15) is 5.54 Å². The van der Waals surface area contributed by atoms with Crippen LogP contribution < -0.4 is 5.32 Å². The molecule has 1 saturated carbocycles. The second-order valence-electron chi connectivity index (χ2n) is 6.84. The Morgan fingerprint density at radius 1 is 1.33 bits per heavy atom. The van der Waals surface area contributed by atoms with E-state index in [9.17, 15) is 9.59 Å². The van der Waals surface area contributed by atoms with Crippen molar-refractivity contribution in [1.82, 2.24) is 10.2 Å². The van der Waals surface area contributed by atoms with Crippen LogP contribution in [0.25, 0.3) is 0 Å². The minimum Gasteiger partial charge on any atom is -0.378 e. The average molecular weight is 294 g/mol. The summed E-state index contributed by atoms with van der Waals surface area (Å²) in [6.07, 6.45) is 7.18. The highest BCUT2D eigenvalue weighted by Crippen LogP contribution is 2.41. The number of rotatable bonds is 5. The van der Waals surface area contributed by atoms with E-state index in [0.717, 1.165) is 51.7 Å². The Kier molecular flexibility index (Phi) is 4.20. The zero-order chi connectivity index (χ0) is 14.9. The van der Waals surface area contributed by atoms with E-state index in [1.807, 2.05) is 11.8 Å². The maximum atomic E-state index is 12.8. The third-order valence-electron chi connectivity index (χ3n) is 5.11. The molecule has 2 amide bonds. The first kappa shape index (κ1) is 14.8. The van der Waals surface area contributed by atoms with E-state index < -0.39 is 5.54 Å². The van der Waals surface area contributed by atoms with Crippen LogP contribution in [0.15, 0.2) is 0 Å². The van der Waals surface area contributed by atoms with Crippen LogP contribution in [0.1, 0.15) is 51.9 Å². The molecule has 2 unspecified atom stereocenters. The lowest BCUT2D eigenvalue weighted by Gasteiger charge is -2.32. The van der Waals surface area contributed by atoms with E-state index in [2.05, 4.69) is 5.32 Å². The molecule has 2 heterocycles. The predicted octanol–water partition coefficient (Wildman–Crippen LogP) is 1.46. The average Bonchev–Trinajstić information content (AvgIpc) is 3.21. The van der Waals surface area contributed by atoms with Crippen molar-refractivity contribution < 1.29 is 14.3 Å². The molecule has 3 fully saturated rings. The largest absolute Gasteiger partial charge is 0.378 e. The molecular weight excluding hydrogens is 268 g/mol. The van der Waals surface area contributed by atoms with Gasteiger partial charge in [0, 0.05) is 26.1 Å². The molecule has 1 N–H and O–H groups in total. The van der Waals surface area contributed by atoms with Gasteiger partial charge >= 0.3 is 0 Å². The van der Waals surface area contributed by atoms with Gasteiger partial charge in [-0.25, -0.2) is 0 Å². The van der Waals surface area contributed by atoms with Crippen molar-refractivity contribution in [2.75, 3.05) is 19.7 Å². The molecule has 2 saturated heterocycles. The molecule has 0 aromatic rings. The Hall–Kier alpha value is -1.10. The van der Waals surface area contributed by atoms with E-state index in [4.69, 9.17) is 4.74 Å². The van der Waals surface area contributed by atoms with Crippen molar-refractivity contribution in [1.29, 1.82) is 0 Å². The monoisotopic (exact) mass is 294 g/mol. The first-order valence-corrected chi connectivity index (χ1v) is 8.31. The van der Waals surface area contributed by atoms with Crippen LogP contribution in [0.3, 0.4) is 0 Å². The summed E-state index contributed by atoms with van der Waals surface area (Å²) in [6.45, 7) is 4.09. The maximum absolute atomic E-state index is 12.8. The summed E-state index contributed by atoms with van der Waals surface area (Å²) in [5, 5.41) is 2.97. The van der Waals surface area contributed by atoms with Crippen molar-refractivity contribution in [3.8, 4) is 0 Å². The molecule has 5 nitrogen and oxygen atoms in total. The van der Waals surface area contributed by atoms with Gasteiger partial charge in [-0.1, -0.05) is 0 Å². The lowest BCUT2D eigenvalue weighted by atomic mass is 9.94. The highest BCUT2D eigenvalue weighted by atomic mass is 16.5. The molecule has 21 heavy (non-hydrogen) atoms. The zero-order valence-corrected chi connectivity index (χ0v) is 12.9. The van der Waals surface area contributed by atoms with Crippen molar-refractivity contribution in [3.05, 3.63) is 0 Å². The predicted molar refractivity (Wildman–Crippen MR) is 78.7 cm³/mol. The van der Waals surface area contributed by atoms with Gasteiger partial charge in [-0.05, 0) is 51.4 Å². The van der Waals surface area contributed by atoms with Crippen molar-refractivity contribution in [3.63, 3.8) is 0 Å². The first-order valence-electron chi connectivity index (χ1n) is 8.31. The molecule has 0 aromatic heterocycles. The molecule has 0 aromatic carbocycles. The Bertz CT molecular complexity index is 416. The van der Waals surface area contributed by atoms with E-state index in [0.29, 0.717) is 25.0 Å². The quantitative estimate of drug-likeness (QED) is 0.835. The van der Waals surface area contributed by atoms with Gasteiger partial charge in [0.25, 0.3) is 0 Å². The van der Waals surface area contributed by atoms with E-state index in [1.165, 1.54) is 0 Å². The summed E-state index contributed by atoms with van der Waals surface area (Å²) < 4.78 is 5.63. The highest BCUT2D eigenvalue weighted by Gasteiger charge is 2.50. The summed E-state index contributed by atoms with van der Waals surface area (Å²) in [5.41, 5.74) is -0.669. The molecule has 3 aliphatic rings. The number of carbonyl (C=O) groups excluding carboxylic acids is 2. The van der Waals surface area contributed by atoms with Gasteiger partial charge in [0.15, 0.2) is 0 Å². The number of hydrogen-bond donors (Lipinski definition) is 1. The van der Waals surface area contributed by atoms with Crippen LogP contribution in [0.5, 0.6) is 0 Å². The van der Waals surface area contributed by atoms with E-state index in [-0.39, 0.29) is 11.8 Å². The molecule has 0 bridgehead atoms. The van der Waals surface area contributed by atoms with Crippen molar-refractivity contribution in [2.24, 2.45) is 5.92 Å². The number of nitrogens with zero attached hydrogens (tertiary/aromatic N) is 1. The van der Waals surface area contributed by atoms with E-state index >= 15 is 0 Å². The van der Waals surface area contributed by atoms with Crippen LogP contribution in [0.4, 0.5) is 0 Å². The first-order chi connectivity index (χ1) is 10.1. The van der Waals surface area contributed by atoms with Gasteiger partial charge < -0.3 is 15.0 Å². The number of hydrogen-bond acceptors (Lipinski definition) is 3. The van der Waals surface area contributed by atoms with Crippen molar-refractivity contribution >= 4 is 11.8 Å². The summed E-state index contributed by atoms with van der Waals surface area (Å²) in [6, 6.07) is 0. The summed E-state index contributed by atoms with van der Waals surface area (Å²) in [7, 11) is 0. The zero-order valence-electron chi connectivity index (χ0n) is 12.9. The second kappa shape index (κ2) is 5.95. The maximum Gasteiger partial charge on any atom is 0.248 e. The number of ether oxygens (including phenoxy) is 1. The van der Waals surface area contributed by atoms with Crippen LogP contribution >= 0.6 is 0 Å². The van der Waals surface area contributed by atoms with Crippen molar-refractivity contribution in [2.45, 2.75) is 63.5 Å². The van der Waals surface area contributed by atoms with Crippen LogP contribution in [-0.4, -0.2) is 48.1 Å². The van der Waals surface area contributed by atoms with Gasteiger partial charge in [0.2, 0.25) is 11.8 Å². The molecular formula is C16H26N2O3. The lowest BCUT2D eigenvalue weighted by Crippen LogP contribution is -2.56. The third-order valence-corrected chi connectivity index (χ3v) is 5.11. The van der Waals surface area contributed by atoms with E-state index in [1.54, 1.807) is 0 Å². The minimum absolute atomic E-state index is 0.0133.